The van der Waals surface area contributed by atoms with Crippen LogP contribution in [0.25, 0.3) is 0 Å². The molecule has 0 unspecified atom stereocenters. The second-order valence-electron chi connectivity index (χ2n) is 4.02. The van der Waals surface area contributed by atoms with Crippen LogP contribution in [0.1, 0.15) is 12.8 Å². The standard InChI is InChI=1S/C12H13FN2O2S/c13-9-3-1-2-4-10(9)18-7-11(16)15-12(17)14-8-5-6-8/h1-4,8H,5-7H2,(H2,14,15,16,17). The molecule has 1 saturated carbocycles. The van der Waals surface area contributed by atoms with Crippen LogP contribution in [0.5, 0.6) is 0 Å². The van der Waals surface area contributed by atoms with Crippen LogP contribution in [-0.2, 0) is 4.79 Å². The van der Waals surface area contributed by atoms with Crippen molar-refractivity contribution in [1.29, 1.82) is 0 Å². The van der Waals surface area contributed by atoms with Gasteiger partial charge in [0.05, 0.1) is 5.75 Å². The monoisotopic (exact) mass is 268 g/mol. The van der Waals surface area contributed by atoms with Gasteiger partial charge in [0.25, 0.3) is 0 Å². The van der Waals surface area contributed by atoms with E-state index in [0.29, 0.717) is 4.90 Å². The van der Waals surface area contributed by atoms with Gasteiger partial charge in [-0.15, -0.1) is 11.8 Å². The second kappa shape index (κ2) is 5.86. The van der Waals surface area contributed by atoms with Gasteiger partial charge in [-0.25, -0.2) is 9.18 Å². The summed E-state index contributed by atoms with van der Waals surface area (Å²) in [6, 6.07) is 5.94. The molecule has 18 heavy (non-hydrogen) atoms. The largest absolute Gasteiger partial charge is 0.335 e. The van der Waals surface area contributed by atoms with Gasteiger partial charge in [-0.2, -0.15) is 0 Å². The van der Waals surface area contributed by atoms with Gasteiger partial charge in [-0.05, 0) is 25.0 Å². The molecule has 0 spiro atoms. The first kappa shape index (κ1) is 12.9. The highest BCUT2D eigenvalue weighted by molar-refractivity contribution is 8.00. The normalized spacial score (nSPS) is 14.1. The highest BCUT2D eigenvalue weighted by Crippen LogP contribution is 2.21. The zero-order valence-corrected chi connectivity index (χ0v) is 10.4. The Kier molecular flexibility index (Phi) is 4.19. The Labute approximate surface area is 108 Å². The average Bonchev–Trinajstić information content (AvgIpc) is 3.11. The van der Waals surface area contributed by atoms with Gasteiger partial charge in [0.2, 0.25) is 5.91 Å². The van der Waals surface area contributed by atoms with E-state index in [9.17, 15) is 14.0 Å². The molecule has 0 radical (unpaired) electrons. The predicted molar refractivity (Wildman–Crippen MR) is 66.8 cm³/mol. The average molecular weight is 268 g/mol. The SMILES string of the molecule is O=C(CSc1ccccc1F)NC(=O)NC1CC1. The molecule has 1 fully saturated rings. The lowest BCUT2D eigenvalue weighted by Crippen LogP contribution is -2.41. The Morgan fingerprint density at radius 3 is 2.72 bits per heavy atom. The smallest absolute Gasteiger partial charge is 0.321 e. The number of urea groups is 1. The molecule has 1 aliphatic rings. The highest BCUT2D eigenvalue weighted by Gasteiger charge is 2.23. The fraction of sp³-hybridized carbons (Fsp3) is 0.333. The molecule has 0 aliphatic heterocycles. The van der Waals surface area contributed by atoms with Crippen LogP contribution >= 0.6 is 11.8 Å². The molecule has 2 N–H and O–H groups in total. The minimum absolute atomic E-state index is 0.0129. The van der Waals surface area contributed by atoms with E-state index in [4.69, 9.17) is 0 Å². The molecule has 0 heterocycles. The van der Waals surface area contributed by atoms with Gasteiger partial charge < -0.3 is 5.32 Å². The summed E-state index contributed by atoms with van der Waals surface area (Å²) < 4.78 is 13.3. The number of halogens is 1. The topological polar surface area (TPSA) is 58.2 Å². The van der Waals surface area contributed by atoms with E-state index in [1.807, 2.05) is 0 Å². The van der Waals surface area contributed by atoms with Gasteiger partial charge in [0, 0.05) is 10.9 Å². The summed E-state index contributed by atoms with van der Waals surface area (Å²) in [6.07, 6.45) is 1.93. The molecule has 96 valence electrons. The summed E-state index contributed by atoms with van der Waals surface area (Å²) in [5.41, 5.74) is 0. The number of imide groups is 1. The molecule has 0 bridgehead atoms. The van der Waals surface area contributed by atoms with Crippen LogP contribution in [0, 0.1) is 5.82 Å². The van der Waals surface area contributed by atoms with E-state index in [1.54, 1.807) is 18.2 Å². The van der Waals surface area contributed by atoms with Gasteiger partial charge >= 0.3 is 6.03 Å². The Balaban J connectivity index is 1.74. The lowest BCUT2D eigenvalue weighted by atomic mass is 10.3. The third-order valence-electron chi connectivity index (χ3n) is 2.36. The molecule has 0 saturated heterocycles. The summed E-state index contributed by atoms with van der Waals surface area (Å²) in [6.45, 7) is 0. The number of amides is 3. The second-order valence-corrected chi connectivity index (χ2v) is 5.03. The van der Waals surface area contributed by atoms with Crippen LogP contribution < -0.4 is 10.6 Å². The van der Waals surface area contributed by atoms with Crippen LogP contribution in [0.3, 0.4) is 0 Å². The predicted octanol–water partition coefficient (Wildman–Crippen LogP) is 1.91. The van der Waals surface area contributed by atoms with Crippen LogP contribution in [-0.4, -0.2) is 23.7 Å². The first-order chi connectivity index (χ1) is 8.65. The maximum atomic E-state index is 13.3. The Hall–Kier alpha value is -1.56. The van der Waals surface area contributed by atoms with Gasteiger partial charge in [0.15, 0.2) is 0 Å². The van der Waals surface area contributed by atoms with Crippen molar-refractivity contribution in [3.8, 4) is 0 Å². The van der Waals surface area contributed by atoms with E-state index in [0.717, 1.165) is 24.6 Å². The molecule has 1 aliphatic carbocycles. The Morgan fingerprint density at radius 1 is 1.33 bits per heavy atom. The number of carbonyl (C=O) groups is 2. The summed E-state index contributed by atoms with van der Waals surface area (Å²) in [4.78, 5) is 23.1. The zero-order chi connectivity index (χ0) is 13.0. The minimum Gasteiger partial charge on any atom is -0.335 e. The van der Waals surface area contributed by atoms with Crippen molar-refractivity contribution in [2.45, 2.75) is 23.8 Å². The maximum Gasteiger partial charge on any atom is 0.321 e. The van der Waals surface area contributed by atoms with E-state index in [1.165, 1.54) is 6.07 Å². The highest BCUT2D eigenvalue weighted by atomic mass is 32.2. The lowest BCUT2D eigenvalue weighted by Gasteiger charge is -2.05. The third-order valence-corrected chi connectivity index (χ3v) is 3.41. The lowest BCUT2D eigenvalue weighted by molar-refractivity contribution is -0.117. The summed E-state index contributed by atoms with van der Waals surface area (Å²) in [7, 11) is 0. The zero-order valence-electron chi connectivity index (χ0n) is 9.61. The van der Waals surface area contributed by atoms with E-state index in [2.05, 4.69) is 10.6 Å². The summed E-state index contributed by atoms with van der Waals surface area (Å²) in [5.74, 6) is -0.780. The molecule has 4 nitrogen and oxygen atoms in total. The first-order valence-corrected chi connectivity index (χ1v) is 6.61. The maximum absolute atomic E-state index is 13.3. The van der Waals surface area contributed by atoms with E-state index < -0.39 is 11.9 Å². The van der Waals surface area contributed by atoms with Crippen molar-refractivity contribution in [1.82, 2.24) is 10.6 Å². The van der Waals surface area contributed by atoms with Gasteiger partial charge in [0.1, 0.15) is 5.82 Å². The van der Waals surface area contributed by atoms with E-state index >= 15 is 0 Å². The Morgan fingerprint density at radius 2 is 2.06 bits per heavy atom. The van der Waals surface area contributed by atoms with Crippen molar-refractivity contribution < 1.29 is 14.0 Å². The van der Waals surface area contributed by atoms with Crippen molar-refractivity contribution in [3.63, 3.8) is 0 Å². The molecular formula is C12H13FN2O2S. The number of benzene rings is 1. The quantitative estimate of drug-likeness (QED) is 0.820. The molecule has 1 aromatic carbocycles. The van der Waals surface area contributed by atoms with Crippen molar-refractivity contribution in [2.24, 2.45) is 0 Å². The van der Waals surface area contributed by atoms with Crippen LogP contribution in [0.2, 0.25) is 0 Å². The van der Waals surface area contributed by atoms with Crippen molar-refractivity contribution in [3.05, 3.63) is 30.1 Å². The summed E-state index contributed by atoms with van der Waals surface area (Å²) >= 11 is 1.06. The summed E-state index contributed by atoms with van der Waals surface area (Å²) in [5, 5.41) is 4.85. The van der Waals surface area contributed by atoms with Gasteiger partial charge in [-0.3, -0.25) is 10.1 Å². The molecule has 0 atom stereocenters. The fourth-order valence-electron chi connectivity index (χ4n) is 1.32. The number of thioether (sulfide) groups is 1. The number of nitrogens with one attached hydrogen (secondary N) is 2. The number of carbonyl (C=O) groups excluding carboxylic acids is 2. The molecule has 6 heteroatoms. The molecule has 3 amide bonds. The van der Waals surface area contributed by atoms with Gasteiger partial charge in [-0.1, -0.05) is 12.1 Å². The fourth-order valence-corrected chi connectivity index (χ4v) is 2.06. The van der Waals surface area contributed by atoms with Crippen LogP contribution in [0.4, 0.5) is 9.18 Å². The Bertz CT molecular complexity index is 463. The third kappa shape index (κ3) is 4.03. The number of hydrogen-bond acceptors (Lipinski definition) is 3. The van der Waals surface area contributed by atoms with E-state index in [-0.39, 0.29) is 17.6 Å². The number of rotatable bonds is 4. The molecule has 2 rings (SSSR count). The number of hydrogen-bond donors (Lipinski definition) is 2. The minimum atomic E-state index is -0.475. The first-order valence-electron chi connectivity index (χ1n) is 5.63. The molecular weight excluding hydrogens is 255 g/mol. The van der Waals surface area contributed by atoms with Crippen LogP contribution in [0.15, 0.2) is 29.2 Å². The molecule has 1 aromatic rings. The van der Waals surface area contributed by atoms with Crippen molar-refractivity contribution in [2.75, 3.05) is 5.75 Å². The molecule has 0 aromatic heterocycles. The van der Waals surface area contributed by atoms with Crippen molar-refractivity contribution >= 4 is 23.7 Å².